The van der Waals surface area contributed by atoms with Gasteiger partial charge in [0.2, 0.25) is 5.91 Å². The fourth-order valence-electron chi connectivity index (χ4n) is 3.76. The largest absolute Gasteiger partial charge is 0.331 e. The van der Waals surface area contributed by atoms with E-state index in [9.17, 15) is 14.4 Å². The summed E-state index contributed by atoms with van der Waals surface area (Å²) in [5.41, 5.74) is 3.00. The van der Waals surface area contributed by atoms with Crippen LogP contribution in [0.2, 0.25) is 0 Å². The van der Waals surface area contributed by atoms with Gasteiger partial charge in [-0.1, -0.05) is 18.2 Å². The lowest BCUT2D eigenvalue weighted by molar-refractivity contribution is -0.895. The second-order valence-electron chi connectivity index (χ2n) is 7.96. The number of benzene rings is 1. The van der Waals surface area contributed by atoms with E-state index in [4.69, 9.17) is 0 Å². The summed E-state index contributed by atoms with van der Waals surface area (Å²) in [7, 11) is 0. The molecule has 1 aliphatic rings. The van der Waals surface area contributed by atoms with E-state index < -0.39 is 0 Å². The number of nitrogens with one attached hydrogen (secondary N) is 2. The Kier molecular flexibility index (Phi) is 7.39. The summed E-state index contributed by atoms with van der Waals surface area (Å²) >= 11 is 1.48. The number of carbonyl (C=O) groups is 3. The molecule has 0 bridgehead atoms. The van der Waals surface area contributed by atoms with Crippen LogP contribution in [0.1, 0.15) is 38.5 Å². The first kappa shape index (κ1) is 22.2. The molecule has 7 heteroatoms. The summed E-state index contributed by atoms with van der Waals surface area (Å²) in [5.74, 6) is 0.0589. The van der Waals surface area contributed by atoms with E-state index in [2.05, 4.69) is 5.32 Å². The number of Topliss-reactive ketones (excluding diaryl/α,β-unsaturated/α-hetero) is 1. The minimum Gasteiger partial charge on any atom is -0.331 e. The lowest BCUT2D eigenvalue weighted by atomic mass is 10.1. The molecule has 2 heterocycles. The van der Waals surface area contributed by atoms with Crippen LogP contribution in [-0.4, -0.2) is 55.2 Å². The van der Waals surface area contributed by atoms with E-state index in [0.29, 0.717) is 19.6 Å². The molecule has 0 radical (unpaired) electrons. The minimum atomic E-state index is -0.000912. The van der Waals surface area contributed by atoms with Crippen LogP contribution in [0.4, 0.5) is 5.69 Å². The van der Waals surface area contributed by atoms with Crippen molar-refractivity contribution in [1.29, 1.82) is 0 Å². The van der Waals surface area contributed by atoms with Gasteiger partial charge < -0.3 is 15.1 Å². The van der Waals surface area contributed by atoms with Crippen molar-refractivity contribution < 1.29 is 19.3 Å². The lowest BCUT2D eigenvalue weighted by Gasteiger charge is -2.32. The number of carbonyl (C=O) groups excluding carboxylic acids is 3. The van der Waals surface area contributed by atoms with E-state index in [1.165, 1.54) is 16.2 Å². The lowest BCUT2D eigenvalue weighted by Crippen LogP contribution is -3.15. The van der Waals surface area contributed by atoms with Gasteiger partial charge in [0.25, 0.3) is 5.91 Å². The maximum atomic E-state index is 12.5. The van der Waals surface area contributed by atoms with E-state index >= 15 is 0 Å². The molecule has 160 valence electrons. The zero-order chi connectivity index (χ0) is 21.7. The van der Waals surface area contributed by atoms with Gasteiger partial charge in [-0.05, 0) is 44.0 Å². The Bertz CT molecular complexity index is 909. The maximum absolute atomic E-state index is 12.5. The molecule has 2 N–H and O–H groups in total. The molecular weight excluding hydrogens is 398 g/mol. The molecule has 1 aromatic heterocycles. The summed E-state index contributed by atoms with van der Waals surface area (Å²) in [6.45, 7) is 9.07. The van der Waals surface area contributed by atoms with Crippen molar-refractivity contribution in [3.63, 3.8) is 0 Å². The van der Waals surface area contributed by atoms with Crippen LogP contribution in [0.25, 0.3) is 0 Å². The molecule has 1 aromatic carbocycles. The number of amides is 2. The number of hydrogen-bond donors (Lipinski definition) is 2. The van der Waals surface area contributed by atoms with Crippen molar-refractivity contribution in [2.75, 3.05) is 38.0 Å². The van der Waals surface area contributed by atoms with Gasteiger partial charge in [0, 0.05) is 23.4 Å². The van der Waals surface area contributed by atoms with Gasteiger partial charge in [0.05, 0.1) is 31.1 Å². The standard InChI is InChI=1S/C23H29N3O3S/c1-16-5-4-6-17(2)23(16)24-21(28)15-25-11-13-26(14-12-25)22(29)10-8-19(27)20-9-7-18(3)30-20/h4-7,9H,8,10-15H2,1-3H3,(H,24,28)/p+1. The quantitative estimate of drug-likeness (QED) is 0.663. The molecule has 3 rings (SSSR count). The van der Waals surface area contributed by atoms with Crippen LogP contribution in [0.3, 0.4) is 0 Å². The smallest absolute Gasteiger partial charge is 0.279 e. The zero-order valence-corrected chi connectivity index (χ0v) is 18.7. The van der Waals surface area contributed by atoms with Gasteiger partial charge in [0.15, 0.2) is 12.3 Å². The van der Waals surface area contributed by atoms with Gasteiger partial charge in [-0.15, -0.1) is 11.3 Å². The second kappa shape index (κ2) is 10.00. The Morgan fingerprint density at radius 3 is 2.27 bits per heavy atom. The van der Waals surface area contributed by atoms with Gasteiger partial charge in [-0.3, -0.25) is 14.4 Å². The molecule has 0 atom stereocenters. The van der Waals surface area contributed by atoms with Crippen molar-refractivity contribution in [2.45, 2.75) is 33.6 Å². The fraction of sp³-hybridized carbons (Fsp3) is 0.435. The maximum Gasteiger partial charge on any atom is 0.279 e. The molecular formula is C23H30N3O3S+. The number of nitrogens with zero attached hydrogens (tertiary/aromatic N) is 1. The number of thiophene rings is 1. The average molecular weight is 429 g/mol. The van der Waals surface area contributed by atoms with E-state index in [1.807, 2.05) is 56.0 Å². The summed E-state index contributed by atoms with van der Waals surface area (Å²) < 4.78 is 0. The van der Waals surface area contributed by atoms with Crippen molar-refractivity contribution in [3.8, 4) is 0 Å². The molecule has 0 saturated carbocycles. The SMILES string of the molecule is Cc1ccc(C(=O)CCC(=O)N2CC[NH+](CC(=O)Nc3c(C)cccc3C)CC2)s1. The molecule has 2 amide bonds. The minimum absolute atomic E-state index is 0.000912. The predicted octanol–water partition coefficient (Wildman–Crippen LogP) is 2.00. The van der Waals surface area contributed by atoms with Gasteiger partial charge in [-0.2, -0.15) is 0 Å². The Balaban J connectivity index is 1.41. The van der Waals surface area contributed by atoms with Crippen LogP contribution in [-0.2, 0) is 9.59 Å². The van der Waals surface area contributed by atoms with Gasteiger partial charge in [-0.25, -0.2) is 0 Å². The molecule has 6 nitrogen and oxygen atoms in total. The summed E-state index contributed by atoms with van der Waals surface area (Å²) in [5, 5.41) is 3.03. The Hall–Kier alpha value is -2.51. The molecule has 1 aliphatic heterocycles. The first-order valence-corrected chi connectivity index (χ1v) is 11.2. The van der Waals surface area contributed by atoms with Gasteiger partial charge in [0.1, 0.15) is 0 Å². The van der Waals surface area contributed by atoms with Crippen LogP contribution in [0, 0.1) is 20.8 Å². The third kappa shape index (κ3) is 5.77. The number of anilines is 1. The number of rotatable bonds is 7. The number of aryl methyl sites for hydroxylation is 3. The topological polar surface area (TPSA) is 70.9 Å². The van der Waals surface area contributed by atoms with Crippen LogP contribution in [0.15, 0.2) is 30.3 Å². The van der Waals surface area contributed by atoms with Crippen molar-refractivity contribution in [2.24, 2.45) is 0 Å². The highest BCUT2D eigenvalue weighted by atomic mass is 32.1. The van der Waals surface area contributed by atoms with Crippen molar-refractivity contribution >= 4 is 34.6 Å². The monoisotopic (exact) mass is 428 g/mol. The Morgan fingerprint density at radius 1 is 1.00 bits per heavy atom. The van der Waals surface area contributed by atoms with E-state index in [1.54, 1.807) is 0 Å². The second-order valence-corrected chi connectivity index (χ2v) is 9.24. The number of hydrogen-bond acceptors (Lipinski definition) is 4. The highest BCUT2D eigenvalue weighted by molar-refractivity contribution is 7.14. The molecule has 1 fully saturated rings. The first-order valence-electron chi connectivity index (χ1n) is 10.4. The fourth-order valence-corrected chi connectivity index (χ4v) is 4.59. The van der Waals surface area contributed by atoms with E-state index in [-0.39, 0.29) is 30.4 Å². The van der Waals surface area contributed by atoms with E-state index in [0.717, 1.165) is 39.7 Å². The first-order chi connectivity index (χ1) is 14.3. The molecule has 0 spiro atoms. The van der Waals surface area contributed by atoms with Gasteiger partial charge >= 0.3 is 0 Å². The Morgan fingerprint density at radius 2 is 1.67 bits per heavy atom. The number of para-hydroxylation sites is 1. The molecule has 0 aliphatic carbocycles. The normalized spacial score (nSPS) is 14.6. The average Bonchev–Trinajstić information content (AvgIpc) is 3.16. The third-order valence-electron chi connectivity index (χ3n) is 5.56. The van der Waals surface area contributed by atoms with Crippen LogP contribution in [0.5, 0.6) is 0 Å². The molecule has 30 heavy (non-hydrogen) atoms. The highest BCUT2D eigenvalue weighted by Crippen LogP contribution is 2.19. The number of quaternary nitrogens is 1. The summed E-state index contributed by atoms with van der Waals surface area (Å²) in [4.78, 5) is 42.0. The number of piperazine rings is 1. The van der Waals surface area contributed by atoms with Crippen LogP contribution < -0.4 is 10.2 Å². The molecule has 2 aromatic rings. The highest BCUT2D eigenvalue weighted by Gasteiger charge is 2.25. The summed E-state index contributed by atoms with van der Waals surface area (Å²) in [6, 6.07) is 9.72. The Labute approximate surface area is 181 Å². The molecule has 0 unspecified atom stereocenters. The zero-order valence-electron chi connectivity index (χ0n) is 17.9. The predicted molar refractivity (Wildman–Crippen MR) is 119 cm³/mol. The third-order valence-corrected chi connectivity index (χ3v) is 6.60. The number of ketones is 1. The van der Waals surface area contributed by atoms with Crippen LogP contribution >= 0.6 is 11.3 Å². The van der Waals surface area contributed by atoms with Crippen molar-refractivity contribution in [3.05, 3.63) is 51.2 Å². The van der Waals surface area contributed by atoms with Crippen molar-refractivity contribution in [1.82, 2.24) is 4.90 Å². The summed E-state index contributed by atoms with van der Waals surface area (Å²) in [6.07, 6.45) is 0.502. The molecule has 1 saturated heterocycles.